The fraction of sp³-hybridized carbons (Fsp3) is 0.926. The van der Waals surface area contributed by atoms with E-state index in [9.17, 15) is 9.59 Å². The van der Waals surface area contributed by atoms with Gasteiger partial charge in [0.05, 0.1) is 19.1 Å². The Morgan fingerprint density at radius 1 is 0.750 bits per heavy atom. The first kappa shape index (κ1) is 28.9. The van der Waals surface area contributed by atoms with Crippen LogP contribution in [0.4, 0.5) is 0 Å². The highest BCUT2D eigenvalue weighted by molar-refractivity contribution is 5.72. The van der Waals surface area contributed by atoms with E-state index in [2.05, 4.69) is 6.92 Å². The van der Waals surface area contributed by atoms with Gasteiger partial charge in [-0.1, -0.05) is 84.0 Å². The average Bonchev–Trinajstić information content (AvgIpc) is 2.82. The summed E-state index contributed by atoms with van der Waals surface area (Å²) in [5, 5.41) is 0. The van der Waals surface area contributed by atoms with Gasteiger partial charge in [-0.3, -0.25) is 9.59 Å². The Hall–Kier alpha value is -1.10. The predicted molar refractivity (Wildman–Crippen MR) is 130 cm³/mol. The van der Waals surface area contributed by atoms with Crippen LogP contribution in [-0.2, 0) is 23.8 Å². The molecule has 1 aliphatic rings. The molecule has 0 aromatic heterocycles. The molecule has 1 aliphatic carbocycles. The first-order chi connectivity index (χ1) is 15.6. The molecule has 0 spiro atoms. The Kier molecular flexibility index (Phi) is 17.5. The van der Waals surface area contributed by atoms with Crippen LogP contribution in [0.1, 0.15) is 129 Å². The van der Waals surface area contributed by atoms with Crippen molar-refractivity contribution in [3.63, 3.8) is 0 Å². The predicted octanol–water partition coefficient (Wildman–Crippen LogP) is 7.15. The van der Waals surface area contributed by atoms with Crippen LogP contribution in [0.3, 0.4) is 0 Å². The molecule has 0 N–H and O–H groups in total. The van der Waals surface area contributed by atoms with Crippen LogP contribution in [-0.4, -0.2) is 38.4 Å². The minimum atomic E-state index is -0.139. The number of esters is 2. The first-order valence-corrected chi connectivity index (χ1v) is 13.4. The highest BCUT2D eigenvalue weighted by Gasteiger charge is 2.29. The second-order valence-electron chi connectivity index (χ2n) is 9.52. The summed E-state index contributed by atoms with van der Waals surface area (Å²) in [6, 6.07) is 0. The van der Waals surface area contributed by atoms with Gasteiger partial charge in [-0.15, -0.1) is 0 Å². The van der Waals surface area contributed by atoms with Crippen molar-refractivity contribution in [2.75, 3.05) is 14.2 Å². The SMILES string of the molecule is CCCCCCCCC(OC)C(CCCCCCCC(=O)OC)OC(=O)C1CCCCC1. The second-order valence-corrected chi connectivity index (χ2v) is 9.52. The third-order valence-electron chi connectivity index (χ3n) is 6.86. The lowest BCUT2D eigenvalue weighted by molar-refractivity contribution is -0.163. The Morgan fingerprint density at radius 2 is 1.31 bits per heavy atom. The quantitative estimate of drug-likeness (QED) is 0.153. The smallest absolute Gasteiger partial charge is 0.309 e. The Balaban J connectivity index is 2.45. The van der Waals surface area contributed by atoms with Crippen LogP contribution in [0, 0.1) is 5.92 Å². The minimum absolute atomic E-state index is 0.00206. The molecule has 1 saturated carbocycles. The van der Waals surface area contributed by atoms with E-state index in [-0.39, 0.29) is 30.1 Å². The van der Waals surface area contributed by atoms with Gasteiger partial charge in [-0.05, 0) is 38.5 Å². The second kappa shape index (κ2) is 19.4. The summed E-state index contributed by atoms with van der Waals surface area (Å²) in [5.41, 5.74) is 0. The van der Waals surface area contributed by atoms with E-state index in [1.807, 2.05) is 0 Å². The van der Waals surface area contributed by atoms with Gasteiger partial charge in [0, 0.05) is 13.5 Å². The molecule has 0 heterocycles. The topological polar surface area (TPSA) is 61.8 Å². The van der Waals surface area contributed by atoms with E-state index in [0.717, 1.165) is 77.0 Å². The van der Waals surface area contributed by atoms with Crippen molar-refractivity contribution in [3.8, 4) is 0 Å². The molecule has 0 amide bonds. The van der Waals surface area contributed by atoms with Gasteiger partial charge in [0.25, 0.3) is 0 Å². The van der Waals surface area contributed by atoms with Crippen molar-refractivity contribution in [3.05, 3.63) is 0 Å². The molecule has 0 radical (unpaired) electrons. The molecule has 32 heavy (non-hydrogen) atoms. The van der Waals surface area contributed by atoms with E-state index in [1.54, 1.807) is 7.11 Å². The van der Waals surface area contributed by atoms with Crippen molar-refractivity contribution >= 4 is 11.9 Å². The lowest BCUT2D eigenvalue weighted by atomic mass is 9.89. The molecule has 188 valence electrons. The number of methoxy groups -OCH3 is 2. The summed E-state index contributed by atoms with van der Waals surface area (Å²) in [5.74, 6) is -0.0498. The van der Waals surface area contributed by atoms with E-state index in [4.69, 9.17) is 14.2 Å². The zero-order chi connectivity index (χ0) is 23.4. The minimum Gasteiger partial charge on any atom is -0.469 e. The molecule has 0 aromatic rings. The molecule has 0 aromatic carbocycles. The van der Waals surface area contributed by atoms with Crippen LogP contribution in [0.25, 0.3) is 0 Å². The summed E-state index contributed by atoms with van der Waals surface area (Å²) in [6.45, 7) is 2.24. The standard InChI is InChI=1S/C27H50O5/c1-4-5-6-7-9-15-20-24(30-2)25(32-27(29)23-18-13-12-14-19-23)21-16-10-8-11-17-22-26(28)31-3/h23-25H,4-22H2,1-3H3. The van der Waals surface area contributed by atoms with Gasteiger partial charge in [0.2, 0.25) is 0 Å². The van der Waals surface area contributed by atoms with Crippen LogP contribution in [0.2, 0.25) is 0 Å². The maximum Gasteiger partial charge on any atom is 0.309 e. The molecule has 1 fully saturated rings. The number of carbonyl (C=O) groups excluding carboxylic acids is 2. The summed E-state index contributed by atoms with van der Waals surface area (Å²) in [6.07, 6.45) is 20.3. The summed E-state index contributed by atoms with van der Waals surface area (Å²) >= 11 is 0. The fourth-order valence-corrected chi connectivity index (χ4v) is 4.73. The Morgan fingerprint density at radius 3 is 1.91 bits per heavy atom. The van der Waals surface area contributed by atoms with Gasteiger partial charge in [-0.25, -0.2) is 0 Å². The maximum atomic E-state index is 12.8. The third kappa shape index (κ3) is 13.4. The third-order valence-corrected chi connectivity index (χ3v) is 6.86. The first-order valence-electron chi connectivity index (χ1n) is 13.4. The van der Waals surface area contributed by atoms with Gasteiger partial charge in [-0.2, -0.15) is 0 Å². The van der Waals surface area contributed by atoms with Crippen LogP contribution >= 0.6 is 0 Å². The van der Waals surface area contributed by atoms with Gasteiger partial charge >= 0.3 is 11.9 Å². The molecule has 0 bridgehead atoms. The lowest BCUT2D eigenvalue weighted by Gasteiger charge is -2.29. The zero-order valence-corrected chi connectivity index (χ0v) is 21.2. The molecular weight excluding hydrogens is 404 g/mol. The van der Waals surface area contributed by atoms with Crippen LogP contribution < -0.4 is 0 Å². The number of hydrogen-bond acceptors (Lipinski definition) is 5. The Labute approximate surface area is 197 Å². The van der Waals surface area contributed by atoms with Gasteiger partial charge in [0.1, 0.15) is 6.10 Å². The van der Waals surface area contributed by atoms with E-state index >= 15 is 0 Å². The average molecular weight is 455 g/mol. The highest BCUT2D eigenvalue weighted by Crippen LogP contribution is 2.27. The molecule has 0 saturated heterocycles. The van der Waals surface area contributed by atoms with Gasteiger partial charge < -0.3 is 14.2 Å². The fourth-order valence-electron chi connectivity index (χ4n) is 4.73. The summed E-state index contributed by atoms with van der Waals surface area (Å²) in [4.78, 5) is 24.0. The molecular formula is C27H50O5. The van der Waals surface area contributed by atoms with Crippen LogP contribution in [0.15, 0.2) is 0 Å². The molecule has 1 rings (SSSR count). The van der Waals surface area contributed by atoms with Crippen molar-refractivity contribution in [2.24, 2.45) is 5.92 Å². The van der Waals surface area contributed by atoms with E-state index in [1.165, 1.54) is 45.6 Å². The van der Waals surface area contributed by atoms with Crippen LogP contribution in [0.5, 0.6) is 0 Å². The van der Waals surface area contributed by atoms with Crippen molar-refractivity contribution in [1.82, 2.24) is 0 Å². The number of unbranched alkanes of at least 4 members (excludes halogenated alkanes) is 9. The van der Waals surface area contributed by atoms with Gasteiger partial charge in [0.15, 0.2) is 0 Å². The lowest BCUT2D eigenvalue weighted by Crippen LogP contribution is -2.35. The zero-order valence-electron chi connectivity index (χ0n) is 21.2. The largest absolute Gasteiger partial charge is 0.469 e. The molecule has 5 heteroatoms. The summed E-state index contributed by atoms with van der Waals surface area (Å²) in [7, 11) is 3.20. The normalized spacial score (nSPS) is 16.5. The van der Waals surface area contributed by atoms with E-state index in [0.29, 0.717) is 6.42 Å². The number of carbonyl (C=O) groups is 2. The number of hydrogen-bond donors (Lipinski definition) is 0. The molecule has 5 nitrogen and oxygen atoms in total. The molecule has 2 atom stereocenters. The van der Waals surface area contributed by atoms with Crippen molar-refractivity contribution in [1.29, 1.82) is 0 Å². The van der Waals surface area contributed by atoms with Crippen molar-refractivity contribution < 1.29 is 23.8 Å². The molecule has 2 unspecified atom stereocenters. The number of rotatable bonds is 19. The van der Waals surface area contributed by atoms with E-state index < -0.39 is 0 Å². The maximum absolute atomic E-state index is 12.8. The number of ether oxygens (including phenoxy) is 3. The summed E-state index contributed by atoms with van der Waals surface area (Å²) < 4.78 is 16.6. The monoisotopic (exact) mass is 454 g/mol. The Bertz CT molecular complexity index is 473. The van der Waals surface area contributed by atoms with Crippen molar-refractivity contribution in [2.45, 2.75) is 141 Å². The molecule has 0 aliphatic heterocycles. The highest BCUT2D eigenvalue weighted by atomic mass is 16.6.